The van der Waals surface area contributed by atoms with E-state index in [1.807, 2.05) is 42.5 Å². The van der Waals surface area contributed by atoms with Crippen molar-refractivity contribution in [2.45, 2.75) is 11.8 Å². The highest BCUT2D eigenvalue weighted by Gasteiger charge is 2.61. The van der Waals surface area contributed by atoms with Crippen LogP contribution in [0.25, 0.3) is 0 Å². The summed E-state index contributed by atoms with van der Waals surface area (Å²) < 4.78 is 0. The van der Waals surface area contributed by atoms with Crippen LogP contribution >= 0.6 is 0 Å². The Morgan fingerprint density at radius 2 is 1.10 bits per heavy atom. The molecule has 3 aromatic carbocycles. The quantitative estimate of drug-likeness (QED) is 0.675. The van der Waals surface area contributed by atoms with Crippen molar-refractivity contribution in [2.75, 3.05) is 11.9 Å². The largest absolute Gasteiger partial charge is 0.325 e. The maximum Gasteiger partial charge on any atom is 0.244 e. The van der Waals surface area contributed by atoms with Crippen molar-refractivity contribution in [1.82, 2.24) is 4.90 Å². The molecule has 31 heavy (non-hydrogen) atoms. The molecule has 1 N–H and O–H groups in total. The Hall–Kier alpha value is -3.73. The van der Waals surface area contributed by atoms with Gasteiger partial charge in [0, 0.05) is 17.5 Å². The Bertz CT molecular complexity index is 1120. The number of benzene rings is 3. The predicted molar refractivity (Wildman–Crippen MR) is 115 cm³/mol. The number of nitrogens with zero attached hydrogens (tertiary/aromatic N) is 1. The molecule has 5 nitrogen and oxygen atoms in total. The lowest BCUT2D eigenvalue weighted by molar-refractivity contribution is -0.142. The van der Waals surface area contributed by atoms with Crippen LogP contribution in [-0.4, -0.2) is 29.2 Å². The first-order valence-corrected chi connectivity index (χ1v) is 10.5. The van der Waals surface area contributed by atoms with Crippen molar-refractivity contribution in [1.29, 1.82) is 0 Å². The predicted octanol–water partition coefficient (Wildman–Crippen LogP) is 3.52. The Kier molecular flexibility index (Phi) is 3.87. The number of carbonyl (C=O) groups is 3. The average molecular weight is 408 g/mol. The van der Waals surface area contributed by atoms with Gasteiger partial charge in [-0.2, -0.15) is 0 Å². The van der Waals surface area contributed by atoms with E-state index in [9.17, 15) is 14.4 Å². The standard InChI is InChI=1S/C26H20N2O3/c29-20(27-15-8-2-1-3-9-15)14-28-25(30)23-21-16-10-4-5-11-17(16)22(24(23)26(28)31)19-13-7-6-12-18(19)21/h1-13,21-24H,14H2,(H,27,29)/t21?,22?,23-,24+. The van der Waals surface area contributed by atoms with Crippen LogP contribution in [0, 0.1) is 11.8 Å². The van der Waals surface area contributed by atoms with Crippen molar-refractivity contribution in [3.05, 3.63) is 101 Å². The van der Waals surface area contributed by atoms with Gasteiger partial charge in [-0.15, -0.1) is 0 Å². The fourth-order valence-corrected chi connectivity index (χ4v) is 5.76. The third kappa shape index (κ3) is 2.53. The Morgan fingerprint density at radius 3 is 1.55 bits per heavy atom. The second-order valence-electron chi connectivity index (χ2n) is 8.44. The minimum atomic E-state index is -0.452. The fourth-order valence-electron chi connectivity index (χ4n) is 5.76. The number of hydrogen-bond acceptors (Lipinski definition) is 3. The molecule has 1 aliphatic heterocycles. The minimum Gasteiger partial charge on any atom is -0.325 e. The van der Waals surface area contributed by atoms with Gasteiger partial charge in [-0.3, -0.25) is 19.3 Å². The smallest absolute Gasteiger partial charge is 0.244 e. The lowest BCUT2D eigenvalue weighted by Gasteiger charge is -2.45. The number of hydrogen-bond donors (Lipinski definition) is 1. The van der Waals surface area contributed by atoms with Crippen LogP contribution in [-0.2, 0) is 14.4 Å². The summed E-state index contributed by atoms with van der Waals surface area (Å²) in [7, 11) is 0. The van der Waals surface area contributed by atoms with Crippen molar-refractivity contribution in [3.63, 3.8) is 0 Å². The second-order valence-corrected chi connectivity index (χ2v) is 8.44. The molecule has 0 unspecified atom stereocenters. The number of amides is 3. The Morgan fingerprint density at radius 1 is 0.677 bits per heavy atom. The van der Waals surface area contributed by atoms with Gasteiger partial charge in [0.15, 0.2) is 0 Å². The lowest BCUT2D eigenvalue weighted by Crippen LogP contribution is -2.41. The summed E-state index contributed by atoms with van der Waals surface area (Å²) in [5.41, 5.74) is 5.16. The van der Waals surface area contributed by atoms with E-state index in [-0.39, 0.29) is 36.1 Å². The number of anilines is 1. The molecule has 0 saturated carbocycles. The first-order chi connectivity index (χ1) is 15.1. The SMILES string of the molecule is O=C(CN1C(=O)[C@@H]2C3c4ccccc4C(c4ccccc43)[C@@H]2C1=O)Nc1ccccc1. The number of imide groups is 1. The van der Waals surface area contributed by atoms with Gasteiger partial charge >= 0.3 is 0 Å². The van der Waals surface area contributed by atoms with Crippen LogP contribution in [0.3, 0.4) is 0 Å². The number of carbonyl (C=O) groups excluding carboxylic acids is 3. The Balaban J connectivity index is 1.37. The zero-order chi connectivity index (χ0) is 21.1. The average Bonchev–Trinajstić information content (AvgIpc) is 3.05. The molecular formula is C26H20N2O3. The molecule has 7 rings (SSSR count). The molecule has 1 saturated heterocycles. The molecule has 0 aromatic heterocycles. The van der Waals surface area contributed by atoms with Gasteiger partial charge in [0.25, 0.3) is 0 Å². The maximum absolute atomic E-state index is 13.5. The zero-order valence-electron chi connectivity index (χ0n) is 16.7. The van der Waals surface area contributed by atoms with E-state index >= 15 is 0 Å². The van der Waals surface area contributed by atoms with Crippen LogP contribution in [0.4, 0.5) is 5.69 Å². The molecule has 5 heteroatoms. The van der Waals surface area contributed by atoms with Crippen LogP contribution in [0.1, 0.15) is 34.1 Å². The van der Waals surface area contributed by atoms with E-state index in [2.05, 4.69) is 29.6 Å². The van der Waals surface area contributed by atoms with Crippen molar-refractivity contribution in [2.24, 2.45) is 11.8 Å². The van der Waals surface area contributed by atoms with Crippen molar-refractivity contribution >= 4 is 23.4 Å². The molecule has 4 aliphatic rings. The number of para-hydroxylation sites is 1. The molecule has 2 atom stereocenters. The zero-order valence-corrected chi connectivity index (χ0v) is 16.7. The highest BCUT2D eigenvalue weighted by molar-refractivity contribution is 6.10. The summed E-state index contributed by atoms with van der Waals surface area (Å²) in [6, 6.07) is 25.3. The van der Waals surface area contributed by atoms with Gasteiger partial charge in [-0.05, 0) is 34.4 Å². The molecule has 3 aliphatic carbocycles. The lowest BCUT2D eigenvalue weighted by atomic mass is 9.55. The van der Waals surface area contributed by atoms with Crippen molar-refractivity contribution in [3.8, 4) is 0 Å². The molecule has 1 heterocycles. The van der Waals surface area contributed by atoms with Gasteiger partial charge in [0.1, 0.15) is 6.54 Å². The van der Waals surface area contributed by atoms with E-state index < -0.39 is 11.8 Å². The molecule has 3 aromatic rings. The summed E-state index contributed by atoms with van der Waals surface area (Å²) in [6.45, 7) is -0.258. The molecule has 0 radical (unpaired) electrons. The molecule has 3 amide bonds. The van der Waals surface area contributed by atoms with E-state index in [1.54, 1.807) is 12.1 Å². The number of nitrogens with one attached hydrogen (secondary N) is 1. The van der Waals surface area contributed by atoms with Gasteiger partial charge in [-0.25, -0.2) is 0 Å². The maximum atomic E-state index is 13.5. The first-order valence-electron chi connectivity index (χ1n) is 10.5. The highest BCUT2D eigenvalue weighted by atomic mass is 16.2. The first kappa shape index (κ1) is 18.1. The van der Waals surface area contributed by atoms with Crippen LogP contribution in [0.5, 0.6) is 0 Å². The normalized spacial score (nSPS) is 25.1. The number of likely N-dealkylation sites (tertiary alicyclic amines) is 1. The van der Waals surface area contributed by atoms with E-state index in [1.165, 1.54) is 4.90 Å². The van der Waals surface area contributed by atoms with Crippen LogP contribution in [0.2, 0.25) is 0 Å². The Labute approximate surface area is 179 Å². The summed E-state index contributed by atoms with van der Waals surface area (Å²) in [6.07, 6.45) is 0. The van der Waals surface area contributed by atoms with E-state index in [0.717, 1.165) is 22.3 Å². The summed E-state index contributed by atoms with van der Waals surface area (Å²) >= 11 is 0. The van der Waals surface area contributed by atoms with Crippen molar-refractivity contribution < 1.29 is 14.4 Å². The molecular weight excluding hydrogens is 388 g/mol. The minimum absolute atomic E-state index is 0.152. The highest BCUT2D eigenvalue weighted by Crippen LogP contribution is 2.60. The van der Waals surface area contributed by atoms with Crippen LogP contribution in [0.15, 0.2) is 78.9 Å². The molecule has 152 valence electrons. The summed E-state index contributed by atoms with van der Waals surface area (Å²) in [5.74, 6) is -2.05. The molecule has 1 fully saturated rings. The van der Waals surface area contributed by atoms with Gasteiger partial charge < -0.3 is 5.32 Å². The molecule has 0 spiro atoms. The number of rotatable bonds is 3. The van der Waals surface area contributed by atoms with Crippen LogP contribution < -0.4 is 5.32 Å². The topological polar surface area (TPSA) is 66.5 Å². The molecule has 2 bridgehead atoms. The fraction of sp³-hybridized carbons (Fsp3) is 0.192. The van der Waals surface area contributed by atoms with E-state index in [4.69, 9.17) is 0 Å². The summed E-state index contributed by atoms with van der Waals surface area (Å²) in [5, 5.41) is 2.78. The third-order valence-electron chi connectivity index (χ3n) is 6.90. The van der Waals surface area contributed by atoms with E-state index in [0.29, 0.717) is 5.69 Å². The van der Waals surface area contributed by atoms with Gasteiger partial charge in [-0.1, -0.05) is 66.7 Å². The van der Waals surface area contributed by atoms with Gasteiger partial charge in [0.2, 0.25) is 17.7 Å². The second kappa shape index (κ2) is 6.64. The summed E-state index contributed by atoms with van der Waals surface area (Å²) in [4.78, 5) is 40.7. The monoisotopic (exact) mass is 408 g/mol. The van der Waals surface area contributed by atoms with Gasteiger partial charge in [0.05, 0.1) is 11.8 Å². The third-order valence-corrected chi connectivity index (χ3v) is 6.90.